The van der Waals surface area contributed by atoms with Crippen molar-refractivity contribution in [2.75, 3.05) is 23.9 Å². The van der Waals surface area contributed by atoms with Crippen molar-refractivity contribution in [3.05, 3.63) is 30.3 Å². The number of rotatable bonds is 9. The first-order valence-electron chi connectivity index (χ1n) is 5.79. The molecule has 1 rings (SSSR count). The Labute approximate surface area is 125 Å². The molecule has 0 fully saturated rings. The van der Waals surface area contributed by atoms with Crippen molar-refractivity contribution in [2.24, 2.45) is 0 Å². The van der Waals surface area contributed by atoms with Crippen LogP contribution in [0.4, 0.5) is 0 Å². The highest BCUT2D eigenvalue weighted by Gasteiger charge is 2.26. The second kappa shape index (κ2) is 9.27. The summed E-state index contributed by atoms with van der Waals surface area (Å²) in [7, 11) is -3.17. The van der Waals surface area contributed by atoms with Crippen LogP contribution >= 0.6 is 39.5 Å². The molecule has 0 aliphatic carbocycles. The van der Waals surface area contributed by atoms with Crippen LogP contribution in [0.15, 0.2) is 30.3 Å². The largest absolute Gasteiger partial charge is 0.361 e. The Morgan fingerprint density at radius 3 is 1.89 bits per heavy atom. The topological polar surface area (TPSA) is 35.5 Å². The predicted octanol–water partition coefficient (Wildman–Crippen LogP) is 4.11. The number of halogens is 2. The van der Waals surface area contributed by atoms with Gasteiger partial charge in [-0.15, -0.1) is 0 Å². The monoisotopic (exact) mass is 398 g/mol. The van der Waals surface area contributed by atoms with Crippen LogP contribution in [-0.2, 0) is 13.6 Å². The van der Waals surface area contributed by atoms with Gasteiger partial charge in [-0.25, -0.2) is 0 Å². The highest BCUT2D eigenvalue weighted by atomic mass is 79.9. The smallest absolute Gasteiger partial charge is 0.305 e. The molecule has 0 radical (unpaired) electrons. The Hall–Kier alpha value is 0.330. The summed E-state index contributed by atoms with van der Waals surface area (Å²) >= 11 is 6.64. The summed E-state index contributed by atoms with van der Waals surface area (Å²) in [5.74, 6) is 0. The molecule has 0 aliphatic heterocycles. The van der Waals surface area contributed by atoms with E-state index in [2.05, 4.69) is 31.9 Å². The molecule has 0 atom stereocenters. The van der Waals surface area contributed by atoms with E-state index in [1.807, 2.05) is 18.2 Å². The van der Waals surface area contributed by atoms with Gasteiger partial charge < -0.3 is 9.05 Å². The number of benzene rings is 1. The summed E-state index contributed by atoms with van der Waals surface area (Å²) in [6.07, 6.45) is 1.61. The van der Waals surface area contributed by atoms with Crippen molar-refractivity contribution in [2.45, 2.75) is 12.8 Å². The zero-order valence-corrected chi connectivity index (χ0v) is 14.1. The first kappa shape index (κ1) is 16.4. The molecule has 0 bridgehead atoms. The molecule has 0 amide bonds. The van der Waals surface area contributed by atoms with Gasteiger partial charge in [0.2, 0.25) is 0 Å². The normalized spacial score (nSPS) is 11.7. The van der Waals surface area contributed by atoms with E-state index in [9.17, 15) is 4.57 Å². The fourth-order valence-corrected chi connectivity index (χ4v) is 3.38. The quantitative estimate of drug-likeness (QED) is 0.356. The molecule has 1 aromatic rings. The van der Waals surface area contributed by atoms with E-state index >= 15 is 0 Å². The molecular weight excluding hydrogens is 383 g/mol. The molecule has 1 aromatic carbocycles. The van der Waals surface area contributed by atoms with Gasteiger partial charge in [-0.1, -0.05) is 50.1 Å². The van der Waals surface area contributed by atoms with Gasteiger partial charge in [-0.2, -0.15) is 0 Å². The number of alkyl halides is 2. The van der Waals surface area contributed by atoms with E-state index in [0.717, 1.165) is 23.5 Å². The van der Waals surface area contributed by atoms with Crippen molar-refractivity contribution in [1.29, 1.82) is 0 Å². The molecule has 0 aromatic heterocycles. The van der Waals surface area contributed by atoms with Crippen LogP contribution in [0.5, 0.6) is 0 Å². The molecule has 102 valence electrons. The number of hydrogen-bond acceptors (Lipinski definition) is 3. The van der Waals surface area contributed by atoms with Crippen LogP contribution < -0.4 is 5.30 Å². The summed E-state index contributed by atoms with van der Waals surface area (Å²) in [6, 6.07) is 9.12. The molecule has 0 spiro atoms. The second-order valence-corrected chi connectivity index (χ2v) is 7.20. The second-order valence-electron chi connectivity index (χ2n) is 3.58. The third kappa shape index (κ3) is 5.54. The van der Waals surface area contributed by atoms with Crippen molar-refractivity contribution in [3.63, 3.8) is 0 Å². The lowest BCUT2D eigenvalue weighted by Crippen LogP contribution is -2.11. The first-order valence-corrected chi connectivity index (χ1v) is 9.58. The maximum atomic E-state index is 12.7. The van der Waals surface area contributed by atoms with Gasteiger partial charge in [-0.05, 0) is 25.0 Å². The fourth-order valence-electron chi connectivity index (χ4n) is 1.28. The summed E-state index contributed by atoms with van der Waals surface area (Å²) in [6.45, 7) is 0.845. The lowest BCUT2D eigenvalue weighted by molar-refractivity contribution is 0.214. The average molecular weight is 400 g/mol. The summed E-state index contributed by atoms with van der Waals surface area (Å²) in [5.41, 5.74) is 0. The Bertz CT molecular complexity index is 359. The van der Waals surface area contributed by atoms with Gasteiger partial charge in [0.1, 0.15) is 0 Å². The molecule has 6 heteroatoms. The van der Waals surface area contributed by atoms with E-state index in [-0.39, 0.29) is 0 Å². The fraction of sp³-hybridized carbons (Fsp3) is 0.500. The van der Waals surface area contributed by atoms with E-state index in [1.165, 1.54) is 0 Å². The third-order valence-electron chi connectivity index (χ3n) is 2.15. The minimum Gasteiger partial charge on any atom is -0.305 e. The highest BCUT2D eigenvalue weighted by Crippen LogP contribution is 2.47. The molecule has 3 nitrogen and oxygen atoms in total. The van der Waals surface area contributed by atoms with Crippen LogP contribution in [0.25, 0.3) is 0 Å². The van der Waals surface area contributed by atoms with Gasteiger partial charge in [0.05, 0.1) is 18.5 Å². The minimum atomic E-state index is -3.17. The Balaban J connectivity index is 2.70. The molecule has 0 unspecified atom stereocenters. The van der Waals surface area contributed by atoms with Crippen molar-refractivity contribution in [1.82, 2.24) is 0 Å². The van der Waals surface area contributed by atoms with Crippen LogP contribution in [0.1, 0.15) is 12.8 Å². The lowest BCUT2D eigenvalue weighted by Gasteiger charge is -2.18. The van der Waals surface area contributed by atoms with Crippen LogP contribution in [0.3, 0.4) is 0 Å². The van der Waals surface area contributed by atoms with Gasteiger partial charge in [0, 0.05) is 10.7 Å². The molecule has 0 saturated carbocycles. The van der Waals surface area contributed by atoms with Crippen LogP contribution in [0, 0.1) is 0 Å². The Morgan fingerprint density at radius 1 is 0.944 bits per heavy atom. The van der Waals surface area contributed by atoms with Gasteiger partial charge in [0.15, 0.2) is 0 Å². The zero-order valence-electron chi connectivity index (χ0n) is 10.1. The minimum absolute atomic E-state index is 0.422. The molecule has 0 saturated heterocycles. The lowest BCUT2D eigenvalue weighted by atomic mass is 10.4. The van der Waals surface area contributed by atoms with Crippen LogP contribution in [-0.4, -0.2) is 23.9 Å². The predicted molar refractivity (Wildman–Crippen MR) is 82.4 cm³/mol. The standard InChI is InChI=1S/C12H17Br2O3P/c13-8-4-10-16-18(15,17-11-5-9-14)12-6-2-1-3-7-12/h1-3,6-7H,4-5,8-11H2. The van der Waals surface area contributed by atoms with Crippen LogP contribution in [0.2, 0.25) is 0 Å². The Kier molecular flexibility index (Phi) is 8.44. The SMILES string of the molecule is O=P(OCCCBr)(OCCCBr)c1ccccc1. The molecule has 0 N–H and O–H groups in total. The summed E-state index contributed by atoms with van der Waals surface area (Å²) in [4.78, 5) is 0. The van der Waals surface area contributed by atoms with Gasteiger partial charge in [-0.3, -0.25) is 4.57 Å². The highest BCUT2D eigenvalue weighted by molar-refractivity contribution is 9.09. The first-order chi connectivity index (χ1) is 8.73. The maximum absolute atomic E-state index is 12.7. The molecule has 0 heterocycles. The van der Waals surface area contributed by atoms with Gasteiger partial charge >= 0.3 is 7.60 Å². The third-order valence-corrected chi connectivity index (χ3v) is 5.25. The van der Waals surface area contributed by atoms with E-state index in [4.69, 9.17) is 9.05 Å². The van der Waals surface area contributed by atoms with Crippen molar-refractivity contribution >= 4 is 44.8 Å². The van der Waals surface area contributed by atoms with E-state index in [0.29, 0.717) is 18.5 Å². The summed E-state index contributed by atoms with van der Waals surface area (Å²) < 4.78 is 23.7. The van der Waals surface area contributed by atoms with E-state index in [1.54, 1.807) is 12.1 Å². The molecule has 0 aliphatic rings. The Morgan fingerprint density at radius 2 is 1.44 bits per heavy atom. The molecular formula is C12H17Br2O3P. The molecule has 18 heavy (non-hydrogen) atoms. The zero-order chi connectivity index (χ0) is 13.3. The maximum Gasteiger partial charge on any atom is 0.361 e. The van der Waals surface area contributed by atoms with Gasteiger partial charge in [0.25, 0.3) is 0 Å². The number of hydrogen-bond donors (Lipinski definition) is 0. The summed E-state index contributed by atoms with van der Waals surface area (Å²) in [5, 5.41) is 2.26. The van der Waals surface area contributed by atoms with Crippen molar-refractivity contribution in [3.8, 4) is 0 Å². The average Bonchev–Trinajstić information content (AvgIpc) is 2.40. The van der Waals surface area contributed by atoms with E-state index < -0.39 is 7.60 Å². The van der Waals surface area contributed by atoms with Crippen molar-refractivity contribution < 1.29 is 13.6 Å².